The third-order valence-corrected chi connectivity index (χ3v) is 5.06. The van der Waals surface area contributed by atoms with Crippen molar-refractivity contribution in [2.45, 2.75) is 64.3 Å². The molecular formula is C20H28N4O. The lowest BCUT2D eigenvalue weighted by atomic mass is 9.96. The van der Waals surface area contributed by atoms with E-state index in [1.165, 1.54) is 50.6 Å². The second kappa shape index (κ2) is 8.79. The van der Waals surface area contributed by atoms with E-state index in [2.05, 4.69) is 26.8 Å². The first-order valence-electron chi connectivity index (χ1n) is 9.46. The highest BCUT2D eigenvalue weighted by Crippen LogP contribution is 2.28. The van der Waals surface area contributed by atoms with Crippen molar-refractivity contribution in [2.24, 2.45) is 0 Å². The first-order chi connectivity index (χ1) is 12.3. The molecule has 0 bridgehead atoms. The molecule has 1 fully saturated rings. The molecular weight excluding hydrogens is 312 g/mol. The van der Waals surface area contributed by atoms with Crippen LogP contribution in [0.3, 0.4) is 0 Å². The number of aromatic nitrogens is 3. The van der Waals surface area contributed by atoms with Crippen LogP contribution < -0.4 is 5.32 Å². The van der Waals surface area contributed by atoms with Crippen LogP contribution in [0.15, 0.2) is 30.7 Å². The maximum atomic E-state index is 12.1. The van der Waals surface area contributed by atoms with Crippen molar-refractivity contribution in [3.63, 3.8) is 0 Å². The second-order valence-electron chi connectivity index (χ2n) is 6.93. The molecule has 25 heavy (non-hydrogen) atoms. The van der Waals surface area contributed by atoms with E-state index in [0.29, 0.717) is 18.2 Å². The second-order valence-corrected chi connectivity index (χ2v) is 6.93. The van der Waals surface area contributed by atoms with E-state index in [4.69, 9.17) is 0 Å². The van der Waals surface area contributed by atoms with Crippen LogP contribution in [0.25, 0.3) is 0 Å². The number of hydrogen-bond donors (Lipinski definition) is 1. The molecule has 1 aliphatic rings. The number of imidazole rings is 1. The number of nitrogens with zero attached hydrogens (tertiary/aromatic N) is 3. The van der Waals surface area contributed by atoms with Crippen molar-refractivity contribution in [1.82, 2.24) is 19.9 Å². The van der Waals surface area contributed by atoms with Crippen molar-refractivity contribution < 1.29 is 4.79 Å². The Morgan fingerprint density at radius 3 is 2.68 bits per heavy atom. The summed E-state index contributed by atoms with van der Waals surface area (Å²) in [4.78, 5) is 20.7. The number of nitrogens with one attached hydrogen (secondary N) is 1. The van der Waals surface area contributed by atoms with Crippen LogP contribution in [0.5, 0.6) is 0 Å². The molecule has 0 saturated heterocycles. The normalized spacial score (nSPS) is 16.2. The van der Waals surface area contributed by atoms with E-state index < -0.39 is 0 Å². The van der Waals surface area contributed by atoms with Crippen LogP contribution in [-0.2, 0) is 6.42 Å². The summed E-state index contributed by atoms with van der Waals surface area (Å²) in [5.74, 6) is 1.02. The number of carbonyl (C=O) groups excluding carboxylic acids is 1. The smallest absolute Gasteiger partial charge is 0.252 e. The monoisotopic (exact) mass is 340 g/mol. The molecule has 0 aliphatic heterocycles. The predicted molar refractivity (Wildman–Crippen MR) is 98.6 cm³/mol. The minimum atomic E-state index is -0.0751. The molecule has 0 spiro atoms. The van der Waals surface area contributed by atoms with Gasteiger partial charge in [-0.2, -0.15) is 0 Å². The molecule has 1 aliphatic carbocycles. The number of aryl methyl sites for hydroxylation is 1. The van der Waals surface area contributed by atoms with Crippen molar-refractivity contribution in [3.05, 3.63) is 47.8 Å². The molecule has 1 amide bonds. The average Bonchev–Trinajstić information content (AvgIpc) is 2.96. The van der Waals surface area contributed by atoms with Crippen LogP contribution in [0.2, 0.25) is 0 Å². The fourth-order valence-corrected chi connectivity index (χ4v) is 3.76. The maximum Gasteiger partial charge on any atom is 0.252 e. The van der Waals surface area contributed by atoms with Crippen molar-refractivity contribution in [3.8, 4) is 0 Å². The van der Waals surface area contributed by atoms with Gasteiger partial charge in [-0.25, -0.2) is 4.98 Å². The van der Waals surface area contributed by atoms with Gasteiger partial charge in [-0.05, 0) is 31.9 Å². The zero-order chi connectivity index (χ0) is 17.5. The Morgan fingerprint density at radius 1 is 1.20 bits per heavy atom. The first kappa shape index (κ1) is 17.6. The van der Waals surface area contributed by atoms with E-state index in [1.807, 2.05) is 6.20 Å². The molecule has 0 atom stereocenters. The Bertz CT molecular complexity index is 672. The fourth-order valence-electron chi connectivity index (χ4n) is 3.76. The molecule has 2 aromatic rings. The number of hydrogen-bond acceptors (Lipinski definition) is 3. The van der Waals surface area contributed by atoms with Crippen molar-refractivity contribution in [1.29, 1.82) is 0 Å². The van der Waals surface area contributed by atoms with Crippen LogP contribution in [0, 0.1) is 6.92 Å². The van der Waals surface area contributed by atoms with Crippen molar-refractivity contribution in [2.75, 3.05) is 6.54 Å². The Balaban J connectivity index is 1.60. The SMILES string of the molecule is Cc1cnc(CCNC(=O)c2cccnc2)n1C1CCCCCCC1. The molecule has 0 aromatic carbocycles. The van der Waals surface area contributed by atoms with Gasteiger partial charge >= 0.3 is 0 Å². The Morgan fingerprint density at radius 2 is 1.96 bits per heavy atom. The van der Waals surface area contributed by atoms with Crippen molar-refractivity contribution >= 4 is 5.91 Å². The first-order valence-corrected chi connectivity index (χ1v) is 9.46. The van der Waals surface area contributed by atoms with Gasteiger partial charge in [-0.15, -0.1) is 0 Å². The summed E-state index contributed by atoms with van der Waals surface area (Å²) in [6.45, 7) is 2.74. The largest absolute Gasteiger partial charge is 0.352 e. The summed E-state index contributed by atoms with van der Waals surface area (Å²) < 4.78 is 2.42. The zero-order valence-corrected chi connectivity index (χ0v) is 15.1. The summed E-state index contributed by atoms with van der Waals surface area (Å²) in [5.41, 5.74) is 1.83. The van der Waals surface area contributed by atoms with Gasteiger partial charge in [0, 0.05) is 43.3 Å². The molecule has 0 radical (unpaired) electrons. The van der Waals surface area contributed by atoms with Gasteiger partial charge in [0.1, 0.15) is 5.82 Å². The standard InChI is InChI=1S/C20H28N4O/c1-16-14-23-19(24(16)18-9-5-3-2-4-6-10-18)11-13-22-20(25)17-8-7-12-21-15-17/h7-8,12,14-15,18H,2-6,9-11,13H2,1H3,(H,22,25). The van der Waals surface area contributed by atoms with Gasteiger partial charge in [0.05, 0.1) is 5.56 Å². The highest BCUT2D eigenvalue weighted by atomic mass is 16.1. The summed E-state index contributed by atoms with van der Waals surface area (Å²) in [5, 5.41) is 2.98. The summed E-state index contributed by atoms with van der Waals surface area (Å²) in [6.07, 6.45) is 15.2. The predicted octanol–water partition coefficient (Wildman–Crippen LogP) is 3.84. The van der Waals surface area contributed by atoms with E-state index in [0.717, 1.165) is 12.2 Å². The van der Waals surface area contributed by atoms with E-state index >= 15 is 0 Å². The summed E-state index contributed by atoms with van der Waals surface area (Å²) in [7, 11) is 0. The zero-order valence-electron chi connectivity index (χ0n) is 15.1. The fraction of sp³-hybridized carbons (Fsp3) is 0.550. The molecule has 2 heterocycles. The minimum absolute atomic E-state index is 0.0751. The molecule has 5 nitrogen and oxygen atoms in total. The maximum absolute atomic E-state index is 12.1. The van der Waals surface area contributed by atoms with E-state index in [-0.39, 0.29) is 5.91 Å². The quantitative estimate of drug-likeness (QED) is 0.899. The summed E-state index contributed by atoms with van der Waals surface area (Å²) in [6, 6.07) is 4.12. The van der Waals surface area contributed by atoms with Gasteiger partial charge in [0.2, 0.25) is 0 Å². The number of rotatable bonds is 5. The lowest BCUT2D eigenvalue weighted by Gasteiger charge is -2.24. The molecule has 1 N–H and O–H groups in total. The van der Waals surface area contributed by atoms with E-state index in [9.17, 15) is 4.79 Å². The highest BCUT2D eigenvalue weighted by Gasteiger charge is 2.18. The van der Waals surface area contributed by atoms with Gasteiger partial charge in [-0.1, -0.05) is 32.1 Å². The van der Waals surface area contributed by atoms with Crippen LogP contribution >= 0.6 is 0 Å². The van der Waals surface area contributed by atoms with Crippen LogP contribution in [0.1, 0.15) is 72.9 Å². The number of pyridine rings is 1. The molecule has 134 valence electrons. The van der Waals surface area contributed by atoms with Crippen LogP contribution in [0.4, 0.5) is 0 Å². The number of amides is 1. The third kappa shape index (κ3) is 4.68. The number of carbonyl (C=O) groups is 1. The van der Waals surface area contributed by atoms with E-state index in [1.54, 1.807) is 24.5 Å². The van der Waals surface area contributed by atoms with Crippen LogP contribution in [-0.4, -0.2) is 27.0 Å². The van der Waals surface area contributed by atoms with Gasteiger partial charge in [0.15, 0.2) is 0 Å². The topological polar surface area (TPSA) is 59.8 Å². The third-order valence-electron chi connectivity index (χ3n) is 5.06. The lowest BCUT2D eigenvalue weighted by Crippen LogP contribution is -2.27. The van der Waals surface area contributed by atoms with Gasteiger partial charge in [-0.3, -0.25) is 9.78 Å². The average molecular weight is 340 g/mol. The Kier molecular flexibility index (Phi) is 6.20. The molecule has 5 heteroatoms. The van der Waals surface area contributed by atoms with Gasteiger partial charge < -0.3 is 9.88 Å². The molecule has 2 aromatic heterocycles. The summed E-state index contributed by atoms with van der Waals surface area (Å²) >= 11 is 0. The molecule has 3 rings (SSSR count). The van der Waals surface area contributed by atoms with Gasteiger partial charge in [0.25, 0.3) is 5.91 Å². The Labute approximate surface area is 149 Å². The Hall–Kier alpha value is -2.17. The highest BCUT2D eigenvalue weighted by molar-refractivity contribution is 5.93. The molecule has 1 saturated carbocycles. The minimum Gasteiger partial charge on any atom is -0.352 e. The lowest BCUT2D eigenvalue weighted by molar-refractivity contribution is 0.0953. The molecule has 0 unspecified atom stereocenters.